The van der Waals surface area contributed by atoms with Crippen molar-refractivity contribution in [3.05, 3.63) is 84.6 Å². The van der Waals surface area contributed by atoms with Crippen molar-refractivity contribution < 1.29 is 23.5 Å². The summed E-state index contributed by atoms with van der Waals surface area (Å²) in [6.45, 7) is -0.266. The van der Waals surface area contributed by atoms with Gasteiger partial charge in [-0.05, 0) is 23.8 Å². The van der Waals surface area contributed by atoms with Crippen molar-refractivity contribution in [2.45, 2.75) is 0 Å². The van der Waals surface area contributed by atoms with Crippen LogP contribution in [0.3, 0.4) is 0 Å². The average molecular weight is 416 g/mol. The van der Waals surface area contributed by atoms with Gasteiger partial charge in [-0.1, -0.05) is 60.7 Å². The lowest BCUT2D eigenvalue weighted by atomic mass is 10.1. The number of carbonyl (C=O) groups excluding carboxylic acids is 2. The molecule has 2 N–H and O–H groups in total. The van der Waals surface area contributed by atoms with Gasteiger partial charge in [0, 0.05) is 10.9 Å². The number of hydrogen-bond acceptors (Lipinski definition) is 5. The predicted octanol–water partition coefficient (Wildman–Crippen LogP) is 3.95. The second-order valence-corrected chi connectivity index (χ2v) is 6.64. The molecule has 0 aliphatic heterocycles. The quantitative estimate of drug-likeness (QED) is 0.465. The minimum atomic E-state index is -0.587. The summed E-state index contributed by atoms with van der Waals surface area (Å²) in [4.78, 5) is 24.5. The van der Waals surface area contributed by atoms with Crippen LogP contribution in [-0.2, 0) is 4.79 Å². The molecule has 156 valence electrons. The zero-order valence-corrected chi connectivity index (χ0v) is 16.8. The molecular formula is C24H20N2O5. The van der Waals surface area contributed by atoms with Crippen LogP contribution in [0.15, 0.2) is 83.3 Å². The largest absolute Gasteiger partial charge is 0.493 e. The summed E-state index contributed by atoms with van der Waals surface area (Å²) in [6, 6.07) is 24.1. The minimum absolute atomic E-state index is 0.0511. The second kappa shape index (κ2) is 9.04. The fraction of sp³-hybridized carbons (Fsp3) is 0.0833. The van der Waals surface area contributed by atoms with Crippen molar-refractivity contribution in [2.75, 3.05) is 13.7 Å². The molecule has 0 radical (unpaired) electrons. The fourth-order valence-electron chi connectivity index (χ4n) is 3.13. The summed E-state index contributed by atoms with van der Waals surface area (Å²) < 4.78 is 16.4. The van der Waals surface area contributed by atoms with E-state index in [9.17, 15) is 9.59 Å². The maximum Gasteiger partial charge on any atom is 0.305 e. The molecule has 2 amide bonds. The molecule has 3 aromatic carbocycles. The normalized spacial score (nSPS) is 10.5. The van der Waals surface area contributed by atoms with Gasteiger partial charge in [0.2, 0.25) is 0 Å². The lowest BCUT2D eigenvalue weighted by Crippen LogP contribution is -2.43. The van der Waals surface area contributed by atoms with E-state index >= 15 is 0 Å². The first-order valence-corrected chi connectivity index (χ1v) is 9.58. The van der Waals surface area contributed by atoms with E-state index < -0.39 is 11.8 Å². The zero-order chi connectivity index (χ0) is 21.6. The van der Waals surface area contributed by atoms with Crippen molar-refractivity contribution >= 4 is 22.8 Å². The summed E-state index contributed by atoms with van der Waals surface area (Å²) in [7, 11) is 1.52. The van der Waals surface area contributed by atoms with Crippen molar-refractivity contribution in [3.63, 3.8) is 0 Å². The summed E-state index contributed by atoms with van der Waals surface area (Å²) in [6.07, 6.45) is 0. The molecule has 0 unspecified atom stereocenters. The first-order valence-electron chi connectivity index (χ1n) is 9.58. The molecule has 0 saturated carbocycles. The lowest BCUT2D eigenvalue weighted by Gasteiger charge is -2.12. The molecule has 0 aliphatic rings. The van der Waals surface area contributed by atoms with Gasteiger partial charge >= 0.3 is 5.91 Å². The highest BCUT2D eigenvalue weighted by molar-refractivity contribution is 5.98. The van der Waals surface area contributed by atoms with Crippen molar-refractivity contribution in [3.8, 4) is 22.6 Å². The molecule has 4 rings (SSSR count). The highest BCUT2D eigenvalue weighted by atomic mass is 16.5. The lowest BCUT2D eigenvalue weighted by molar-refractivity contribution is -0.123. The molecule has 0 fully saturated rings. The Morgan fingerprint density at radius 3 is 2.42 bits per heavy atom. The molecule has 0 spiro atoms. The number of methoxy groups -OCH3 is 1. The maximum absolute atomic E-state index is 12.3. The number of hydrogen-bond donors (Lipinski definition) is 2. The Bertz CT molecular complexity index is 1220. The van der Waals surface area contributed by atoms with Gasteiger partial charge in [0.05, 0.1) is 7.11 Å². The third-order valence-electron chi connectivity index (χ3n) is 4.60. The van der Waals surface area contributed by atoms with Crippen LogP contribution in [0.1, 0.15) is 10.6 Å². The number of furan rings is 1. The van der Waals surface area contributed by atoms with Crippen LogP contribution in [0.25, 0.3) is 22.1 Å². The average Bonchev–Trinajstić information content (AvgIpc) is 3.26. The molecule has 4 aromatic rings. The van der Waals surface area contributed by atoms with Crippen molar-refractivity contribution in [1.82, 2.24) is 10.9 Å². The minimum Gasteiger partial charge on any atom is -0.493 e. The van der Waals surface area contributed by atoms with Gasteiger partial charge in [0.1, 0.15) is 5.75 Å². The van der Waals surface area contributed by atoms with Crippen LogP contribution in [0.5, 0.6) is 11.5 Å². The smallest absolute Gasteiger partial charge is 0.305 e. The van der Waals surface area contributed by atoms with Crippen molar-refractivity contribution in [1.29, 1.82) is 0 Å². The number of ether oxygens (including phenoxy) is 2. The van der Waals surface area contributed by atoms with E-state index in [4.69, 9.17) is 13.9 Å². The van der Waals surface area contributed by atoms with E-state index in [1.807, 2.05) is 48.5 Å². The van der Waals surface area contributed by atoms with E-state index in [0.29, 0.717) is 17.1 Å². The van der Waals surface area contributed by atoms with Crippen LogP contribution >= 0.6 is 0 Å². The number of carbonyl (C=O) groups is 2. The van der Waals surface area contributed by atoms with Gasteiger partial charge in [-0.3, -0.25) is 20.4 Å². The summed E-state index contributed by atoms with van der Waals surface area (Å²) in [5, 5.41) is 0.719. The van der Waals surface area contributed by atoms with E-state index in [1.54, 1.807) is 30.3 Å². The first kappa shape index (κ1) is 20.0. The molecule has 1 aromatic heterocycles. The van der Waals surface area contributed by atoms with Crippen LogP contribution in [-0.4, -0.2) is 25.5 Å². The van der Waals surface area contributed by atoms with Gasteiger partial charge in [-0.15, -0.1) is 0 Å². The van der Waals surface area contributed by atoms with E-state index in [0.717, 1.165) is 16.5 Å². The Labute approximate surface area is 178 Å². The Morgan fingerprint density at radius 1 is 0.871 bits per heavy atom. The number of para-hydroxylation sites is 2. The maximum atomic E-state index is 12.3. The fourth-order valence-corrected chi connectivity index (χ4v) is 3.13. The van der Waals surface area contributed by atoms with E-state index in [-0.39, 0.29) is 12.4 Å². The summed E-state index contributed by atoms with van der Waals surface area (Å²) in [5.41, 5.74) is 6.97. The standard InChI is InChI=1S/C24H20N2O5/c1-29-20-13-7-10-17-14-21(31-23(17)20)24(28)26-25-22(27)15-30-19-12-6-5-11-18(19)16-8-3-2-4-9-16/h2-14H,15H2,1H3,(H,25,27)(H,26,28). The summed E-state index contributed by atoms with van der Waals surface area (Å²) >= 11 is 0. The third-order valence-corrected chi connectivity index (χ3v) is 4.60. The van der Waals surface area contributed by atoms with E-state index in [1.165, 1.54) is 7.11 Å². The van der Waals surface area contributed by atoms with Gasteiger partial charge in [-0.25, -0.2) is 0 Å². The first-order chi connectivity index (χ1) is 15.2. The molecule has 1 heterocycles. The van der Waals surface area contributed by atoms with Crippen LogP contribution < -0.4 is 20.3 Å². The molecular weight excluding hydrogens is 396 g/mol. The molecule has 0 saturated heterocycles. The number of benzene rings is 3. The van der Waals surface area contributed by atoms with Crippen molar-refractivity contribution in [2.24, 2.45) is 0 Å². The predicted molar refractivity (Wildman–Crippen MR) is 116 cm³/mol. The number of nitrogens with one attached hydrogen (secondary N) is 2. The molecule has 0 bridgehead atoms. The Morgan fingerprint density at radius 2 is 1.61 bits per heavy atom. The molecule has 7 heteroatoms. The highest BCUT2D eigenvalue weighted by Gasteiger charge is 2.16. The summed E-state index contributed by atoms with van der Waals surface area (Å²) in [5.74, 6) is 0.0435. The van der Waals surface area contributed by atoms with Crippen LogP contribution in [0, 0.1) is 0 Å². The molecule has 0 atom stereocenters. The Kier molecular flexibility index (Phi) is 5.84. The number of rotatable bonds is 6. The molecule has 31 heavy (non-hydrogen) atoms. The van der Waals surface area contributed by atoms with Crippen LogP contribution in [0.2, 0.25) is 0 Å². The SMILES string of the molecule is COc1cccc2cc(C(=O)NNC(=O)COc3ccccc3-c3ccccc3)oc12. The van der Waals surface area contributed by atoms with Crippen LogP contribution in [0.4, 0.5) is 0 Å². The number of fused-ring (bicyclic) bond motifs is 1. The monoisotopic (exact) mass is 416 g/mol. The third kappa shape index (κ3) is 4.51. The zero-order valence-electron chi connectivity index (χ0n) is 16.8. The number of amides is 2. The van der Waals surface area contributed by atoms with Gasteiger partial charge in [-0.2, -0.15) is 0 Å². The van der Waals surface area contributed by atoms with Gasteiger partial charge < -0.3 is 13.9 Å². The topological polar surface area (TPSA) is 89.8 Å². The van der Waals surface area contributed by atoms with Gasteiger partial charge in [0.25, 0.3) is 5.91 Å². The van der Waals surface area contributed by atoms with E-state index in [2.05, 4.69) is 10.9 Å². The molecule has 0 aliphatic carbocycles. The number of hydrazine groups is 1. The molecule has 7 nitrogen and oxygen atoms in total. The Balaban J connectivity index is 1.36. The highest BCUT2D eigenvalue weighted by Crippen LogP contribution is 2.30. The second-order valence-electron chi connectivity index (χ2n) is 6.64. The Hall–Kier alpha value is -4.26. The van der Waals surface area contributed by atoms with Gasteiger partial charge in [0.15, 0.2) is 23.7 Å².